The number of rotatable bonds is 4. The zero-order valence-corrected chi connectivity index (χ0v) is 12.9. The number of nitrogen functional groups attached to an aromatic ring is 1. The average Bonchev–Trinajstić information content (AvgIpc) is 3.06. The van der Waals surface area contributed by atoms with Crippen molar-refractivity contribution in [1.82, 2.24) is 10.3 Å². The first-order valence-corrected chi connectivity index (χ1v) is 8.08. The summed E-state index contributed by atoms with van der Waals surface area (Å²) in [5.74, 6) is 3.10. The normalized spacial score (nSPS) is 27.3. The van der Waals surface area contributed by atoms with Crippen LogP contribution in [0.5, 0.6) is 0 Å². The number of carbonyl (C=O) groups excluding carboxylic acids is 1. The number of fused-ring (bicyclic) bond motifs is 2. The minimum absolute atomic E-state index is 0.0197. The number of pyridine rings is 1. The number of amides is 1. The van der Waals surface area contributed by atoms with Crippen LogP contribution >= 0.6 is 0 Å². The zero-order valence-electron chi connectivity index (χ0n) is 12.9. The second kappa shape index (κ2) is 5.66. The highest BCUT2D eigenvalue weighted by atomic mass is 16.1. The van der Waals surface area contributed by atoms with E-state index in [4.69, 9.17) is 5.73 Å². The Labute approximate surface area is 126 Å². The van der Waals surface area contributed by atoms with Crippen molar-refractivity contribution in [3.63, 3.8) is 0 Å². The quantitative estimate of drug-likeness (QED) is 0.894. The van der Waals surface area contributed by atoms with Crippen molar-refractivity contribution in [3.8, 4) is 0 Å². The Hall–Kier alpha value is -1.58. The summed E-state index contributed by atoms with van der Waals surface area (Å²) in [6.45, 7) is 4.91. The van der Waals surface area contributed by atoms with E-state index in [1.165, 1.54) is 25.7 Å². The lowest BCUT2D eigenvalue weighted by atomic mass is 9.89. The lowest BCUT2D eigenvalue weighted by Gasteiger charge is -2.22. The number of carbonyl (C=O) groups is 1. The van der Waals surface area contributed by atoms with Crippen LogP contribution in [0.1, 0.15) is 61.5 Å². The van der Waals surface area contributed by atoms with E-state index in [9.17, 15) is 4.79 Å². The predicted molar refractivity (Wildman–Crippen MR) is 84.0 cm³/mol. The van der Waals surface area contributed by atoms with Gasteiger partial charge in [0.25, 0.3) is 5.91 Å². The fraction of sp³-hybridized carbons (Fsp3) is 0.647. The molecule has 1 aromatic heterocycles. The Balaban J connectivity index is 1.62. The molecular weight excluding hydrogens is 262 g/mol. The monoisotopic (exact) mass is 287 g/mol. The van der Waals surface area contributed by atoms with Crippen molar-refractivity contribution in [3.05, 3.63) is 23.4 Å². The number of hydrogen-bond donors (Lipinski definition) is 2. The summed E-state index contributed by atoms with van der Waals surface area (Å²) in [7, 11) is 0. The van der Waals surface area contributed by atoms with Gasteiger partial charge >= 0.3 is 0 Å². The van der Waals surface area contributed by atoms with Gasteiger partial charge in [0.05, 0.1) is 0 Å². The second-order valence-corrected chi connectivity index (χ2v) is 7.01. The SMILES string of the molecule is CC(C)c1cc(C(=O)NCC2CC3CCC2C3)cc(N)n1. The van der Waals surface area contributed by atoms with Crippen molar-refractivity contribution < 1.29 is 4.79 Å². The largest absolute Gasteiger partial charge is 0.384 e. The Morgan fingerprint density at radius 1 is 1.38 bits per heavy atom. The van der Waals surface area contributed by atoms with Gasteiger partial charge in [-0.15, -0.1) is 0 Å². The summed E-state index contributed by atoms with van der Waals surface area (Å²) in [5.41, 5.74) is 7.32. The number of hydrogen-bond acceptors (Lipinski definition) is 3. The maximum absolute atomic E-state index is 12.3. The molecule has 2 bridgehead atoms. The number of nitrogens with two attached hydrogens (primary N) is 1. The maximum Gasteiger partial charge on any atom is 0.251 e. The number of anilines is 1. The van der Waals surface area contributed by atoms with E-state index in [0.717, 1.165) is 24.1 Å². The molecule has 2 aliphatic rings. The van der Waals surface area contributed by atoms with Crippen molar-refractivity contribution in [2.45, 2.75) is 45.4 Å². The lowest BCUT2D eigenvalue weighted by molar-refractivity contribution is 0.0941. The van der Waals surface area contributed by atoms with Gasteiger partial charge in [-0.05, 0) is 55.1 Å². The first-order chi connectivity index (χ1) is 10.0. The molecule has 0 aliphatic heterocycles. The third kappa shape index (κ3) is 3.04. The summed E-state index contributed by atoms with van der Waals surface area (Å²) in [4.78, 5) is 16.6. The van der Waals surface area contributed by atoms with Crippen LogP contribution in [0.25, 0.3) is 0 Å². The molecule has 3 unspecified atom stereocenters. The molecule has 4 heteroatoms. The van der Waals surface area contributed by atoms with E-state index in [2.05, 4.69) is 24.1 Å². The molecule has 3 atom stereocenters. The van der Waals surface area contributed by atoms with Gasteiger partial charge < -0.3 is 11.1 Å². The van der Waals surface area contributed by atoms with E-state index in [1.54, 1.807) is 6.07 Å². The van der Waals surface area contributed by atoms with Crippen LogP contribution in [-0.2, 0) is 0 Å². The molecule has 0 radical (unpaired) electrons. The second-order valence-electron chi connectivity index (χ2n) is 7.01. The summed E-state index contributed by atoms with van der Waals surface area (Å²) < 4.78 is 0. The van der Waals surface area contributed by atoms with Gasteiger partial charge in [0.1, 0.15) is 5.82 Å². The van der Waals surface area contributed by atoms with Gasteiger partial charge in [0.2, 0.25) is 0 Å². The van der Waals surface area contributed by atoms with E-state index in [-0.39, 0.29) is 11.8 Å². The van der Waals surface area contributed by atoms with Gasteiger partial charge in [-0.25, -0.2) is 4.98 Å². The third-order valence-electron chi connectivity index (χ3n) is 5.13. The molecule has 0 aromatic carbocycles. The molecule has 2 aliphatic carbocycles. The lowest BCUT2D eigenvalue weighted by Crippen LogP contribution is -2.31. The average molecular weight is 287 g/mol. The number of nitrogens with zero attached hydrogens (tertiary/aromatic N) is 1. The van der Waals surface area contributed by atoms with E-state index in [1.807, 2.05) is 6.07 Å². The van der Waals surface area contributed by atoms with Crippen LogP contribution in [0.4, 0.5) is 5.82 Å². The molecule has 1 aromatic rings. The van der Waals surface area contributed by atoms with Crippen LogP contribution in [0.15, 0.2) is 12.1 Å². The van der Waals surface area contributed by atoms with Crippen molar-refractivity contribution in [1.29, 1.82) is 0 Å². The Morgan fingerprint density at radius 2 is 2.19 bits per heavy atom. The number of nitrogens with one attached hydrogen (secondary N) is 1. The third-order valence-corrected chi connectivity index (χ3v) is 5.13. The van der Waals surface area contributed by atoms with Gasteiger partial charge in [-0.3, -0.25) is 4.79 Å². The minimum Gasteiger partial charge on any atom is -0.384 e. The summed E-state index contributed by atoms with van der Waals surface area (Å²) in [6.07, 6.45) is 5.42. The van der Waals surface area contributed by atoms with Crippen LogP contribution in [-0.4, -0.2) is 17.4 Å². The van der Waals surface area contributed by atoms with Crippen LogP contribution in [0.2, 0.25) is 0 Å². The first kappa shape index (κ1) is 14.4. The molecule has 1 heterocycles. The summed E-state index contributed by atoms with van der Waals surface area (Å²) in [6, 6.07) is 3.53. The molecule has 114 valence electrons. The van der Waals surface area contributed by atoms with Crippen molar-refractivity contribution in [2.24, 2.45) is 17.8 Å². The van der Waals surface area contributed by atoms with Crippen LogP contribution in [0.3, 0.4) is 0 Å². The molecule has 4 nitrogen and oxygen atoms in total. The zero-order chi connectivity index (χ0) is 15.0. The van der Waals surface area contributed by atoms with E-state index < -0.39 is 0 Å². The molecular formula is C17H25N3O. The van der Waals surface area contributed by atoms with Crippen LogP contribution in [0, 0.1) is 17.8 Å². The highest BCUT2D eigenvalue weighted by Gasteiger charge is 2.39. The fourth-order valence-corrected chi connectivity index (χ4v) is 3.95. The predicted octanol–water partition coefficient (Wildman–Crippen LogP) is 2.95. The molecule has 2 fully saturated rings. The maximum atomic E-state index is 12.3. The van der Waals surface area contributed by atoms with Crippen molar-refractivity contribution in [2.75, 3.05) is 12.3 Å². The number of aromatic nitrogens is 1. The molecule has 21 heavy (non-hydrogen) atoms. The Bertz CT molecular complexity index is 541. The highest BCUT2D eigenvalue weighted by Crippen LogP contribution is 2.47. The summed E-state index contributed by atoms with van der Waals surface area (Å²) >= 11 is 0. The highest BCUT2D eigenvalue weighted by molar-refractivity contribution is 5.94. The molecule has 0 spiro atoms. The van der Waals surface area contributed by atoms with E-state index in [0.29, 0.717) is 17.3 Å². The standard InChI is InChI=1S/C17H25N3O/c1-10(2)15-7-13(8-16(18)20-15)17(21)19-9-14-6-11-3-4-12(14)5-11/h7-8,10-12,14H,3-6,9H2,1-2H3,(H2,18,20)(H,19,21). The van der Waals surface area contributed by atoms with Gasteiger partial charge in [-0.2, -0.15) is 0 Å². The van der Waals surface area contributed by atoms with E-state index >= 15 is 0 Å². The molecule has 3 N–H and O–H groups in total. The fourth-order valence-electron chi connectivity index (χ4n) is 3.95. The minimum atomic E-state index is -0.0197. The molecule has 1 amide bonds. The van der Waals surface area contributed by atoms with Gasteiger partial charge in [0.15, 0.2) is 0 Å². The van der Waals surface area contributed by atoms with Crippen LogP contribution < -0.4 is 11.1 Å². The molecule has 0 saturated heterocycles. The Kier molecular flexibility index (Phi) is 3.87. The molecule has 3 rings (SSSR count). The smallest absolute Gasteiger partial charge is 0.251 e. The van der Waals surface area contributed by atoms with Gasteiger partial charge in [-0.1, -0.05) is 20.3 Å². The Morgan fingerprint density at radius 3 is 2.81 bits per heavy atom. The van der Waals surface area contributed by atoms with Gasteiger partial charge in [0, 0.05) is 17.8 Å². The van der Waals surface area contributed by atoms with Crippen molar-refractivity contribution >= 4 is 11.7 Å². The molecule has 2 saturated carbocycles. The topological polar surface area (TPSA) is 68.0 Å². The summed E-state index contributed by atoms with van der Waals surface area (Å²) in [5, 5.41) is 3.10. The first-order valence-electron chi connectivity index (χ1n) is 8.08.